The Labute approximate surface area is 116 Å². The second kappa shape index (κ2) is 7.54. The molecule has 0 amide bonds. The maximum atomic E-state index is 12.3. The van der Waals surface area contributed by atoms with E-state index < -0.39 is 10.2 Å². The summed E-state index contributed by atoms with van der Waals surface area (Å²) in [4.78, 5) is 0. The molecule has 1 aliphatic rings. The summed E-state index contributed by atoms with van der Waals surface area (Å²) in [5.74, 6) is 0.641. The molecule has 19 heavy (non-hydrogen) atoms. The van der Waals surface area contributed by atoms with E-state index in [1.165, 1.54) is 4.31 Å². The van der Waals surface area contributed by atoms with E-state index in [0.29, 0.717) is 32.2 Å². The summed E-state index contributed by atoms with van der Waals surface area (Å²) in [5, 5.41) is 0. The van der Waals surface area contributed by atoms with Crippen molar-refractivity contribution in [2.24, 2.45) is 17.6 Å². The van der Waals surface area contributed by atoms with E-state index >= 15 is 0 Å². The van der Waals surface area contributed by atoms with Crippen molar-refractivity contribution in [3.05, 3.63) is 0 Å². The number of nitrogens with one attached hydrogen (secondary N) is 1. The molecule has 6 nitrogen and oxygen atoms in total. The van der Waals surface area contributed by atoms with Gasteiger partial charge in [-0.2, -0.15) is 17.4 Å². The topological polar surface area (TPSA) is 84.7 Å². The number of nitrogens with zero attached hydrogens (tertiary/aromatic N) is 1. The zero-order chi connectivity index (χ0) is 14.5. The van der Waals surface area contributed by atoms with E-state index in [-0.39, 0.29) is 12.0 Å². The minimum Gasteiger partial charge on any atom is -0.383 e. The Hall–Kier alpha value is -0.210. The van der Waals surface area contributed by atoms with Crippen LogP contribution in [0.15, 0.2) is 0 Å². The van der Waals surface area contributed by atoms with Gasteiger partial charge in [-0.15, -0.1) is 0 Å². The van der Waals surface area contributed by atoms with E-state index in [1.807, 2.05) is 13.8 Å². The van der Waals surface area contributed by atoms with Crippen molar-refractivity contribution in [1.29, 1.82) is 0 Å². The van der Waals surface area contributed by atoms with Crippen molar-refractivity contribution >= 4 is 10.2 Å². The molecule has 1 atom stereocenters. The summed E-state index contributed by atoms with van der Waals surface area (Å²) in [7, 11) is -1.84. The molecule has 0 aromatic carbocycles. The second-order valence-electron chi connectivity index (χ2n) is 5.51. The molecule has 0 aromatic heterocycles. The quantitative estimate of drug-likeness (QED) is 0.700. The average Bonchev–Trinajstić information content (AvgIpc) is 2.38. The van der Waals surface area contributed by atoms with Crippen molar-refractivity contribution in [3.8, 4) is 0 Å². The zero-order valence-electron chi connectivity index (χ0n) is 12.1. The summed E-state index contributed by atoms with van der Waals surface area (Å²) < 4.78 is 33.9. The molecule has 0 radical (unpaired) electrons. The lowest BCUT2D eigenvalue weighted by Crippen LogP contribution is -2.51. The molecule has 0 bridgehead atoms. The highest BCUT2D eigenvalue weighted by Crippen LogP contribution is 2.18. The second-order valence-corrected chi connectivity index (χ2v) is 7.21. The predicted molar refractivity (Wildman–Crippen MR) is 75.9 cm³/mol. The van der Waals surface area contributed by atoms with E-state index in [2.05, 4.69) is 4.72 Å². The molecule has 0 aromatic rings. The van der Waals surface area contributed by atoms with Gasteiger partial charge in [0.1, 0.15) is 0 Å². The number of piperidine rings is 1. The molecule has 1 fully saturated rings. The fraction of sp³-hybridized carbons (Fsp3) is 1.00. The molecule has 0 spiro atoms. The number of hydrogen-bond donors (Lipinski definition) is 2. The average molecular weight is 293 g/mol. The molecule has 114 valence electrons. The lowest BCUT2D eigenvalue weighted by Gasteiger charge is -2.32. The van der Waals surface area contributed by atoms with Crippen LogP contribution < -0.4 is 10.5 Å². The first-order chi connectivity index (χ1) is 8.90. The third kappa shape index (κ3) is 5.00. The Morgan fingerprint density at radius 3 is 2.37 bits per heavy atom. The Balaban J connectivity index is 2.60. The third-order valence-electron chi connectivity index (χ3n) is 3.70. The van der Waals surface area contributed by atoms with Gasteiger partial charge in [0.05, 0.1) is 6.61 Å². The van der Waals surface area contributed by atoms with Crippen LogP contribution >= 0.6 is 0 Å². The first kappa shape index (κ1) is 16.8. The van der Waals surface area contributed by atoms with E-state index in [0.717, 1.165) is 12.8 Å². The van der Waals surface area contributed by atoms with Crippen LogP contribution in [0.2, 0.25) is 0 Å². The van der Waals surface area contributed by atoms with E-state index in [9.17, 15) is 8.42 Å². The van der Waals surface area contributed by atoms with Crippen molar-refractivity contribution in [3.63, 3.8) is 0 Å². The summed E-state index contributed by atoms with van der Waals surface area (Å²) in [6.45, 7) is 6.08. The van der Waals surface area contributed by atoms with Gasteiger partial charge in [0.15, 0.2) is 0 Å². The summed E-state index contributed by atoms with van der Waals surface area (Å²) >= 11 is 0. The molecule has 3 N–H and O–H groups in total. The fourth-order valence-electron chi connectivity index (χ4n) is 2.19. The Kier molecular flexibility index (Phi) is 6.68. The molecule has 1 aliphatic heterocycles. The molecule has 1 saturated heterocycles. The van der Waals surface area contributed by atoms with Gasteiger partial charge in [-0.3, -0.25) is 0 Å². The third-order valence-corrected chi connectivity index (χ3v) is 5.34. The molecule has 0 aliphatic carbocycles. The number of ether oxygens (including phenoxy) is 1. The minimum absolute atomic E-state index is 0.191. The van der Waals surface area contributed by atoms with Crippen molar-refractivity contribution in [2.45, 2.75) is 32.7 Å². The van der Waals surface area contributed by atoms with Gasteiger partial charge in [-0.05, 0) is 31.2 Å². The van der Waals surface area contributed by atoms with Gasteiger partial charge in [0.25, 0.3) is 10.2 Å². The van der Waals surface area contributed by atoms with Crippen LogP contribution in [0.5, 0.6) is 0 Å². The van der Waals surface area contributed by atoms with Gasteiger partial charge >= 0.3 is 0 Å². The minimum atomic E-state index is -3.42. The molecule has 1 heterocycles. The SMILES string of the molecule is COCC(NS(=O)(=O)N1CCC(CN)CC1)C(C)C. The van der Waals surface area contributed by atoms with Crippen molar-refractivity contribution in [2.75, 3.05) is 33.4 Å². The maximum absolute atomic E-state index is 12.3. The molecule has 7 heteroatoms. The lowest BCUT2D eigenvalue weighted by molar-refractivity contribution is 0.155. The molecule has 1 unspecified atom stereocenters. The molecule has 0 saturated carbocycles. The highest BCUT2D eigenvalue weighted by atomic mass is 32.2. The first-order valence-corrected chi connectivity index (χ1v) is 8.31. The van der Waals surface area contributed by atoms with Crippen molar-refractivity contribution < 1.29 is 13.2 Å². The van der Waals surface area contributed by atoms with Crippen molar-refractivity contribution in [1.82, 2.24) is 9.03 Å². The normalized spacial score (nSPS) is 20.9. The molecular formula is C12H27N3O3S. The largest absolute Gasteiger partial charge is 0.383 e. The predicted octanol–water partition coefficient (Wildman–Crippen LogP) is 0.163. The van der Waals surface area contributed by atoms with Gasteiger partial charge in [-0.25, -0.2) is 0 Å². The monoisotopic (exact) mass is 293 g/mol. The Bertz CT molecular complexity index is 351. The zero-order valence-corrected chi connectivity index (χ0v) is 12.9. The number of methoxy groups -OCH3 is 1. The van der Waals surface area contributed by atoms with Crippen LogP contribution in [0.1, 0.15) is 26.7 Å². The first-order valence-electron chi connectivity index (χ1n) is 6.87. The smallest absolute Gasteiger partial charge is 0.279 e. The van der Waals surface area contributed by atoms with E-state index in [4.69, 9.17) is 10.5 Å². The van der Waals surface area contributed by atoms with E-state index in [1.54, 1.807) is 7.11 Å². The van der Waals surface area contributed by atoms with Crippen LogP contribution in [-0.4, -0.2) is 52.1 Å². The van der Waals surface area contributed by atoms with Gasteiger partial charge in [0.2, 0.25) is 0 Å². The lowest BCUT2D eigenvalue weighted by atomic mass is 9.99. The summed E-state index contributed by atoms with van der Waals surface area (Å²) in [6.07, 6.45) is 1.68. The Morgan fingerprint density at radius 1 is 1.37 bits per heavy atom. The maximum Gasteiger partial charge on any atom is 0.279 e. The fourth-order valence-corrected chi connectivity index (χ4v) is 3.76. The highest BCUT2D eigenvalue weighted by molar-refractivity contribution is 7.87. The molecule has 1 rings (SSSR count). The highest BCUT2D eigenvalue weighted by Gasteiger charge is 2.30. The van der Waals surface area contributed by atoms with Gasteiger partial charge in [0, 0.05) is 26.2 Å². The van der Waals surface area contributed by atoms with Gasteiger partial charge < -0.3 is 10.5 Å². The Morgan fingerprint density at radius 2 is 1.95 bits per heavy atom. The van der Waals surface area contributed by atoms with Crippen LogP contribution in [0.4, 0.5) is 0 Å². The summed E-state index contributed by atoms with van der Waals surface area (Å²) in [5.41, 5.74) is 5.62. The standard InChI is InChI=1S/C12H27N3O3S/c1-10(2)12(9-18-3)14-19(16,17)15-6-4-11(8-13)5-7-15/h10-12,14H,4-9,13H2,1-3H3. The van der Waals surface area contributed by atoms with Crippen LogP contribution in [0, 0.1) is 11.8 Å². The number of hydrogen-bond acceptors (Lipinski definition) is 4. The van der Waals surface area contributed by atoms with Gasteiger partial charge in [-0.1, -0.05) is 13.8 Å². The van der Waals surface area contributed by atoms with Crippen LogP contribution in [0.3, 0.4) is 0 Å². The van der Waals surface area contributed by atoms with Crippen LogP contribution in [0.25, 0.3) is 0 Å². The number of nitrogens with two attached hydrogens (primary N) is 1. The number of rotatable bonds is 7. The summed E-state index contributed by atoms with van der Waals surface area (Å²) in [6, 6.07) is -0.192. The molecular weight excluding hydrogens is 266 g/mol. The van der Waals surface area contributed by atoms with Crippen LogP contribution in [-0.2, 0) is 14.9 Å².